The molecule has 138 valence electrons. The number of esters is 1. The van der Waals surface area contributed by atoms with Crippen LogP contribution >= 0.6 is 12.4 Å². The number of hydrogen-bond acceptors (Lipinski definition) is 4. The first kappa shape index (κ1) is 22.9. The maximum absolute atomic E-state index is 12.9. The molecular weight excluding hydrogens is 324 g/mol. The summed E-state index contributed by atoms with van der Waals surface area (Å²) in [5, 5.41) is 0. The second kappa shape index (κ2) is 11.5. The summed E-state index contributed by atoms with van der Waals surface area (Å²) >= 11 is 0. The van der Waals surface area contributed by atoms with Gasteiger partial charge in [-0.25, -0.2) is 0 Å². The van der Waals surface area contributed by atoms with Gasteiger partial charge in [-0.2, -0.15) is 0 Å². The lowest BCUT2D eigenvalue weighted by Crippen LogP contribution is -2.40. The van der Waals surface area contributed by atoms with Gasteiger partial charge in [0.25, 0.3) is 0 Å². The SMILES string of the molecule is CCOC(=O)C(CCCN(C)C)(CCN(C)C)c1ccccc1.Cl. The van der Waals surface area contributed by atoms with Crippen molar-refractivity contribution in [1.29, 1.82) is 0 Å². The van der Waals surface area contributed by atoms with Crippen LogP contribution in [0.3, 0.4) is 0 Å². The predicted octanol–water partition coefficient (Wildman–Crippen LogP) is 3.20. The Balaban J connectivity index is 0.00000529. The predicted molar refractivity (Wildman–Crippen MR) is 103 cm³/mol. The van der Waals surface area contributed by atoms with Crippen LogP contribution in [0.1, 0.15) is 31.7 Å². The molecule has 0 spiro atoms. The third-order valence-electron chi connectivity index (χ3n) is 4.19. The zero-order chi connectivity index (χ0) is 17.3. The molecule has 0 aromatic heterocycles. The number of halogens is 1. The maximum Gasteiger partial charge on any atom is 0.316 e. The highest BCUT2D eigenvalue weighted by atomic mass is 35.5. The topological polar surface area (TPSA) is 32.8 Å². The average molecular weight is 357 g/mol. The van der Waals surface area contributed by atoms with Gasteiger partial charge in [-0.1, -0.05) is 30.3 Å². The summed E-state index contributed by atoms with van der Waals surface area (Å²) in [7, 11) is 8.21. The largest absolute Gasteiger partial charge is 0.465 e. The smallest absolute Gasteiger partial charge is 0.316 e. The zero-order valence-electron chi connectivity index (χ0n) is 15.7. The van der Waals surface area contributed by atoms with Gasteiger partial charge in [0.2, 0.25) is 0 Å². The molecule has 0 saturated carbocycles. The number of carbonyl (C=O) groups excluding carboxylic acids is 1. The van der Waals surface area contributed by atoms with E-state index >= 15 is 0 Å². The molecule has 5 heteroatoms. The van der Waals surface area contributed by atoms with Gasteiger partial charge >= 0.3 is 5.97 Å². The first-order valence-corrected chi connectivity index (χ1v) is 8.44. The molecule has 1 aromatic rings. The molecule has 0 saturated heterocycles. The Labute approximate surface area is 153 Å². The highest BCUT2D eigenvalue weighted by molar-refractivity contribution is 5.85. The van der Waals surface area contributed by atoms with Crippen molar-refractivity contribution in [2.45, 2.75) is 31.6 Å². The molecule has 0 bridgehead atoms. The normalized spacial score (nSPS) is 13.5. The Kier molecular flexibility index (Phi) is 10.9. The first-order chi connectivity index (χ1) is 10.9. The van der Waals surface area contributed by atoms with Crippen molar-refractivity contribution in [3.8, 4) is 0 Å². The lowest BCUT2D eigenvalue weighted by atomic mass is 9.73. The molecule has 0 amide bonds. The van der Waals surface area contributed by atoms with Crippen LogP contribution in [0.5, 0.6) is 0 Å². The highest BCUT2D eigenvalue weighted by Gasteiger charge is 2.40. The van der Waals surface area contributed by atoms with Gasteiger partial charge < -0.3 is 14.5 Å². The Morgan fingerprint density at radius 2 is 1.58 bits per heavy atom. The molecule has 4 nitrogen and oxygen atoms in total. The lowest BCUT2D eigenvalue weighted by molar-refractivity contribution is -0.151. The van der Waals surface area contributed by atoms with Crippen LogP contribution in [0.2, 0.25) is 0 Å². The van der Waals surface area contributed by atoms with Crippen LogP contribution in [0.15, 0.2) is 30.3 Å². The fraction of sp³-hybridized carbons (Fsp3) is 0.632. The molecular formula is C19H33ClN2O2. The van der Waals surface area contributed by atoms with Crippen LogP contribution in [0.25, 0.3) is 0 Å². The monoisotopic (exact) mass is 356 g/mol. The van der Waals surface area contributed by atoms with E-state index in [1.165, 1.54) is 0 Å². The van der Waals surface area contributed by atoms with Crippen LogP contribution in [-0.4, -0.2) is 63.7 Å². The van der Waals surface area contributed by atoms with Gasteiger partial charge in [0, 0.05) is 0 Å². The van der Waals surface area contributed by atoms with Gasteiger partial charge in [0.1, 0.15) is 0 Å². The van der Waals surface area contributed by atoms with Crippen molar-refractivity contribution in [3.63, 3.8) is 0 Å². The molecule has 0 N–H and O–H groups in total. The average Bonchev–Trinajstić information content (AvgIpc) is 2.51. The molecule has 0 heterocycles. The maximum atomic E-state index is 12.9. The van der Waals surface area contributed by atoms with Crippen molar-refractivity contribution in [2.75, 3.05) is 47.9 Å². The van der Waals surface area contributed by atoms with Gasteiger partial charge in [0.05, 0.1) is 12.0 Å². The molecule has 1 aromatic carbocycles. The van der Waals surface area contributed by atoms with Crippen LogP contribution < -0.4 is 0 Å². The third-order valence-corrected chi connectivity index (χ3v) is 4.19. The number of carbonyl (C=O) groups is 1. The van der Waals surface area contributed by atoms with Crippen LogP contribution in [0.4, 0.5) is 0 Å². The van der Waals surface area contributed by atoms with Crippen LogP contribution in [-0.2, 0) is 14.9 Å². The van der Waals surface area contributed by atoms with Crippen LogP contribution in [0, 0.1) is 0 Å². The fourth-order valence-corrected chi connectivity index (χ4v) is 2.87. The van der Waals surface area contributed by atoms with Gasteiger partial charge in [-0.3, -0.25) is 4.79 Å². The van der Waals surface area contributed by atoms with E-state index in [1.807, 2.05) is 39.2 Å². The van der Waals surface area contributed by atoms with Crippen molar-refractivity contribution in [1.82, 2.24) is 9.80 Å². The van der Waals surface area contributed by atoms with Gasteiger partial charge in [-0.15, -0.1) is 12.4 Å². The summed E-state index contributed by atoms with van der Waals surface area (Å²) in [6.45, 7) is 4.12. The van der Waals surface area contributed by atoms with Crippen molar-refractivity contribution < 1.29 is 9.53 Å². The third kappa shape index (κ3) is 6.80. The standard InChI is InChI=1S/C19H32N2O2.ClH/c1-6-23-18(22)19(14-16-21(4)5,13-10-15-20(2)3)17-11-8-7-9-12-17;/h7-9,11-12H,6,10,13-16H2,1-5H3;1H. The van der Waals surface area contributed by atoms with E-state index in [9.17, 15) is 4.79 Å². The summed E-state index contributed by atoms with van der Waals surface area (Å²) < 4.78 is 5.48. The Morgan fingerprint density at radius 1 is 1.00 bits per heavy atom. The molecule has 0 radical (unpaired) electrons. The Morgan fingerprint density at radius 3 is 2.08 bits per heavy atom. The fourth-order valence-electron chi connectivity index (χ4n) is 2.87. The summed E-state index contributed by atoms with van der Waals surface area (Å²) in [5.41, 5.74) is 0.511. The van der Waals surface area contributed by atoms with Crippen molar-refractivity contribution in [2.24, 2.45) is 0 Å². The Hall–Kier alpha value is -1.10. The minimum atomic E-state index is -0.558. The quantitative estimate of drug-likeness (QED) is 0.603. The summed E-state index contributed by atoms with van der Waals surface area (Å²) in [6.07, 6.45) is 2.55. The van der Waals surface area contributed by atoms with E-state index in [0.29, 0.717) is 6.61 Å². The molecule has 1 rings (SSSR count). The molecule has 24 heavy (non-hydrogen) atoms. The van der Waals surface area contributed by atoms with Crippen molar-refractivity contribution >= 4 is 18.4 Å². The van der Waals surface area contributed by atoms with E-state index in [-0.39, 0.29) is 18.4 Å². The van der Waals surface area contributed by atoms with Gasteiger partial charge in [-0.05, 0) is 73.0 Å². The minimum Gasteiger partial charge on any atom is -0.465 e. The van der Waals surface area contributed by atoms with Gasteiger partial charge in [0.15, 0.2) is 0 Å². The second-order valence-electron chi connectivity index (χ2n) is 6.63. The molecule has 1 atom stereocenters. The first-order valence-electron chi connectivity index (χ1n) is 8.44. The second-order valence-corrected chi connectivity index (χ2v) is 6.63. The van der Waals surface area contributed by atoms with E-state index in [2.05, 4.69) is 36.0 Å². The Bertz CT molecular complexity index is 466. The van der Waals surface area contributed by atoms with E-state index < -0.39 is 5.41 Å². The number of rotatable bonds is 10. The number of benzene rings is 1. The zero-order valence-corrected chi connectivity index (χ0v) is 16.6. The summed E-state index contributed by atoms with van der Waals surface area (Å²) in [5.74, 6) is -0.0909. The molecule has 0 aliphatic heterocycles. The number of nitrogens with zero attached hydrogens (tertiary/aromatic N) is 2. The lowest BCUT2D eigenvalue weighted by Gasteiger charge is -2.33. The number of hydrogen-bond donors (Lipinski definition) is 0. The van der Waals surface area contributed by atoms with E-state index in [1.54, 1.807) is 0 Å². The van der Waals surface area contributed by atoms with Crippen molar-refractivity contribution in [3.05, 3.63) is 35.9 Å². The summed E-state index contributed by atoms with van der Waals surface area (Å²) in [6, 6.07) is 10.1. The number of ether oxygens (including phenoxy) is 1. The summed E-state index contributed by atoms with van der Waals surface area (Å²) in [4.78, 5) is 17.2. The molecule has 0 fully saturated rings. The molecule has 0 aliphatic carbocycles. The molecule has 0 aliphatic rings. The van der Waals surface area contributed by atoms with E-state index in [0.717, 1.165) is 37.9 Å². The highest BCUT2D eigenvalue weighted by Crippen LogP contribution is 2.35. The molecule has 1 unspecified atom stereocenters. The van der Waals surface area contributed by atoms with E-state index in [4.69, 9.17) is 4.74 Å². The minimum absolute atomic E-state index is 0.